The molecule has 0 fully saturated rings. The molecule has 0 radical (unpaired) electrons. The van der Waals surface area contributed by atoms with Gasteiger partial charge in [-0.25, -0.2) is 13.8 Å². The molecule has 0 saturated carbocycles. The molecule has 0 atom stereocenters. The third-order valence-electron chi connectivity index (χ3n) is 5.90. The molecule has 2 N–H and O–H groups in total. The van der Waals surface area contributed by atoms with Crippen LogP contribution >= 0.6 is 0 Å². The first-order chi connectivity index (χ1) is 17.4. The number of hydrazone groups is 1. The fourth-order valence-electron chi connectivity index (χ4n) is 4.03. The van der Waals surface area contributed by atoms with Crippen molar-refractivity contribution in [3.8, 4) is 0 Å². The van der Waals surface area contributed by atoms with E-state index in [1.807, 2.05) is 55.5 Å². The number of carbonyl (C=O) groups excluding carboxylic acids is 1. The van der Waals surface area contributed by atoms with Crippen LogP contribution in [0.5, 0.6) is 0 Å². The highest BCUT2D eigenvalue weighted by molar-refractivity contribution is 7.92. The molecule has 0 saturated heterocycles. The molecule has 0 aliphatic heterocycles. The van der Waals surface area contributed by atoms with Crippen LogP contribution in [0.2, 0.25) is 0 Å². The van der Waals surface area contributed by atoms with Crippen molar-refractivity contribution in [1.29, 1.82) is 0 Å². The van der Waals surface area contributed by atoms with E-state index in [1.165, 1.54) is 0 Å². The Morgan fingerprint density at radius 2 is 1.36 bits per heavy atom. The molecule has 0 aliphatic carbocycles. The van der Waals surface area contributed by atoms with E-state index >= 15 is 0 Å². The maximum atomic E-state index is 12.6. The van der Waals surface area contributed by atoms with Crippen LogP contribution in [-0.4, -0.2) is 20.5 Å². The number of hydrogen-bond acceptors (Lipinski definition) is 4. The summed E-state index contributed by atoms with van der Waals surface area (Å²) >= 11 is 0. The molecule has 0 aliphatic rings. The van der Waals surface area contributed by atoms with Gasteiger partial charge in [0.05, 0.1) is 11.1 Å². The van der Waals surface area contributed by atoms with Gasteiger partial charge in [-0.15, -0.1) is 0 Å². The highest BCUT2D eigenvalue weighted by Crippen LogP contribution is 2.27. The van der Waals surface area contributed by atoms with Gasteiger partial charge < -0.3 is 0 Å². The van der Waals surface area contributed by atoms with Crippen LogP contribution in [0.4, 0.5) is 5.69 Å². The minimum atomic E-state index is -3.72. The van der Waals surface area contributed by atoms with E-state index in [2.05, 4.69) is 21.3 Å². The Hall–Kier alpha value is -4.49. The molecule has 7 heteroatoms. The summed E-state index contributed by atoms with van der Waals surface area (Å²) < 4.78 is 27.7. The number of rotatable bonds is 6. The number of benzene rings is 5. The normalized spacial score (nSPS) is 11.7. The standard InChI is InChI=1S/C29H23N3O3S/c1-20-10-16-25(17-11-20)36(34,35)32-24-14-12-21(13-15-24)29(33)31-30-19-28-26-8-4-2-6-22(26)18-23-7-3-5-9-27(23)28/h2-19,32H,1H3,(H,31,33)/b30-19-. The third kappa shape index (κ3) is 4.82. The molecule has 5 aromatic carbocycles. The van der Waals surface area contributed by atoms with Crippen molar-refractivity contribution >= 4 is 49.4 Å². The van der Waals surface area contributed by atoms with Crippen LogP contribution in [0.1, 0.15) is 21.5 Å². The van der Waals surface area contributed by atoms with E-state index in [-0.39, 0.29) is 4.90 Å². The molecule has 5 rings (SSSR count). The van der Waals surface area contributed by atoms with Gasteiger partial charge in [-0.3, -0.25) is 9.52 Å². The first kappa shape index (κ1) is 23.3. The van der Waals surface area contributed by atoms with Crippen molar-refractivity contribution < 1.29 is 13.2 Å². The fourth-order valence-corrected chi connectivity index (χ4v) is 5.09. The maximum Gasteiger partial charge on any atom is 0.271 e. The van der Waals surface area contributed by atoms with Crippen molar-refractivity contribution in [3.63, 3.8) is 0 Å². The van der Waals surface area contributed by atoms with Gasteiger partial charge in [0, 0.05) is 16.8 Å². The summed E-state index contributed by atoms with van der Waals surface area (Å²) in [7, 11) is -3.72. The Labute approximate surface area is 209 Å². The average molecular weight is 494 g/mol. The van der Waals surface area contributed by atoms with Gasteiger partial charge >= 0.3 is 0 Å². The lowest BCUT2D eigenvalue weighted by atomic mass is 9.97. The number of sulfonamides is 1. The van der Waals surface area contributed by atoms with Crippen LogP contribution in [0, 0.1) is 6.92 Å². The van der Waals surface area contributed by atoms with Crippen LogP contribution in [0.3, 0.4) is 0 Å². The number of amides is 1. The lowest BCUT2D eigenvalue weighted by Crippen LogP contribution is -2.18. The predicted octanol–water partition coefficient (Wildman–Crippen LogP) is 5.87. The Bertz CT molecular complexity index is 1660. The monoisotopic (exact) mass is 493 g/mol. The molecule has 0 spiro atoms. The molecular weight excluding hydrogens is 470 g/mol. The van der Waals surface area contributed by atoms with Gasteiger partial charge in [-0.1, -0.05) is 66.2 Å². The number of carbonyl (C=O) groups is 1. The quantitative estimate of drug-likeness (QED) is 0.176. The van der Waals surface area contributed by atoms with E-state index in [9.17, 15) is 13.2 Å². The van der Waals surface area contributed by atoms with E-state index in [1.54, 1.807) is 54.7 Å². The molecule has 36 heavy (non-hydrogen) atoms. The molecule has 0 aromatic heterocycles. The second-order valence-corrected chi connectivity index (χ2v) is 10.1. The van der Waals surface area contributed by atoms with Crippen molar-refractivity contribution in [2.75, 3.05) is 4.72 Å². The van der Waals surface area contributed by atoms with Gasteiger partial charge in [-0.2, -0.15) is 5.10 Å². The number of fused-ring (bicyclic) bond motifs is 2. The van der Waals surface area contributed by atoms with Crippen molar-refractivity contribution in [3.05, 3.63) is 120 Å². The van der Waals surface area contributed by atoms with Crippen LogP contribution < -0.4 is 10.1 Å². The number of aryl methyl sites for hydroxylation is 1. The third-order valence-corrected chi connectivity index (χ3v) is 7.30. The molecule has 1 amide bonds. The van der Waals surface area contributed by atoms with Gasteiger partial charge in [-0.05, 0) is 70.9 Å². The molecule has 0 bridgehead atoms. The second kappa shape index (κ2) is 9.64. The van der Waals surface area contributed by atoms with Gasteiger partial charge in [0.25, 0.3) is 15.9 Å². The topological polar surface area (TPSA) is 87.6 Å². The van der Waals surface area contributed by atoms with Gasteiger partial charge in [0.2, 0.25) is 0 Å². The minimum absolute atomic E-state index is 0.171. The smallest absolute Gasteiger partial charge is 0.271 e. The fraction of sp³-hybridized carbons (Fsp3) is 0.0345. The highest BCUT2D eigenvalue weighted by atomic mass is 32.2. The zero-order valence-electron chi connectivity index (χ0n) is 19.5. The summed E-state index contributed by atoms with van der Waals surface area (Å²) in [5, 5.41) is 8.47. The summed E-state index contributed by atoms with van der Waals surface area (Å²) in [6.45, 7) is 1.89. The summed E-state index contributed by atoms with van der Waals surface area (Å²) in [6.07, 6.45) is 1.66. The van der Waals surface area contributed by atoms with Crippen molar-refractivity contribution in [2.45, 2.75) is 11.8 Å². The Morgan fingerprint density at radius 1 is 0.778 bits per heavy atom. The molecular formula is C29H23N3O3S. The highest BCUT2D eigenvalue weighted by Gasteiger charge is 2.14. The van der Waals surface area contributed by atoms with Crippen molar-refractivity contribution in [1.82, 2.24) is 5.43 Å². The number of nitrogens with zero attached hydrogens (tertiary/aromatic N) is 1. The van der Waals surface area contributed by atoms with E-state index < -0.39 is 15.9 Å². The van der Waals surface area contributed by atoms with Crippen molar-refractivity contribution in [2.24, 2.45) is 5.10 Å². The van der Waals surface area contributed by atoms with Crippen LogP contribution in [0.25, 0.3) is 21.5 Å². The SMILES string of the molecule is Cc1ccc(S(=O)(=O)Nc2ccc(C(=O)N/N=C\c3c4ccccc4cc4ccccc34)cc2)cc1. The molecule has 6 nitrogen and oxygen atoms in total. The first-order valence-electron chi connectivity index (χ1n) is 11.3. The van der Waals surface area contributed by atoms with E-state index in [4.69, 9.17) is 0 Å². The van der Waals surface area contributed by atoms with Gasteiger partial charge in [0.1, 0.15) is 0 Å². The minimum Gasteiger partial charge on any atom is -0.280 e. The van der Waals surface area contributed by atoms with Crippen LogP contribution in [0.15, 0.2) is 113 Å². The Kier molecular flexibility index (Phi) is 6.23. The Balaban J connectivity index is 1.32. The molecule has 178 valence electrons. The van der Waals surface area contributed by atoms with E-state index in [0.29, 0.717) is 11.3 Å². The molecule has 0 unspecified atom stereocenters. The van der Waals surface area contributed by atoms with Gasteiger partial charge in [0.15, 0.2) is 0 Å². The summed E-state index contributed by atoms with van der Waals surface area (Å²) in [4.78, 5) is 12.8. The van der Waals surface area contributed by atoms with Crippen LogP contribution in [-0.2, 0) is 10.0 Å². The first-order valence-corrected chi connectivity index (χ1v) is 12.8. The lowest BCUT2D eigenvalue weighted by Gasteiger charge is -2.09. The lowest BCUT2D eigenvalue weighted by molar-refractivity contribution is 0.0955. The molecule has 5 aromatic rings. The van der Waals surface area contributed by atoms with E-state index in [0.717, 1.165) is 32.7 Å². The average Bonchev–Trinajstić information content (AvgIpc) is 2.88. The second-order valence-electron chi connectivity index (χ2n) is 8.43. The molecule has 0 heterocycles. The maximum absolute atomic E-state index is 12.6. The Morgan fingerprint density at radius 3 is 1.97 bits per heavy atom. The number of anilines is 1. The largest absolute Gasteiger partial charge is 0.280 e. The number of hydrogen-bond donors (Lipinski definition) is 2. The summed E-state index contributed by atoms with van der Waals surface area (Å²) in [5.74, 6) is -0.399. The zero-order chi connectivity index (χ0) is 25.1. The summed E-state index contributed by atoms with van der Waals surface area (Å²) in [5.41, 5.74) is 5.18. The predicted molar refractivity (Wildman–Crippen MR) is 145 cm³/mol. The number of nitrogens with one attached hydrogen (secondary N) is 2. The zero-order valence-corrected chi connectivity index (χ0v) is 20.3. The summed E-state index contributed by atoms with van der Waals surface area (Å²) in [6, 6.07) is 31.0.